The summed E-state index contributed by atoms with van der Waals surface area (Å²) in [5.41, 5.74) is 0.612. The van der Waals surface area contributed by atoms with E-state index in [-0.39, 0.29) is 17.9 Å². The summed E-state index contributed by atoms with van der Waals surface area (Å²) in [4.78, 5) is 30.4. The molecule has 3 heterocycles. The topological polar surface area (TPSA) is 92.2 Å². The number of rotatable bonds is 4. The van der Waals surface area contributed by atoms with Crippen LogP contribution in [-0.2, 0) is 4.79 Å². The van der Waals surface area contributed by atoms with Gasteiger partial charge in [0.1, 0.15) is 0 Å². The zero-order valence-corrected chi connectivity index (χ0v) is 14.2. The maximum absolute atomic E-state index is 12.4. The van der Waals surface area contributed by atoms with E-state index in [0.717, 1.165) is 12.8 Å². The molecule has 0 spiro atoms. The molecular weight excluding hydrogens is 320 g/mol. The summed E-state index contributed by atoms with van der Waals surface area (Å²) in [7, 11) is 0. The third kappa shape index (κ3) is 4.14. The first-order valence-corrected chi connectivity index (χ1v) is 8.47. The van der Waals surface area contributed by atoms with Crippen LogP contribution < -0.4 is 10.6 Å². The molecule has 132 valence electrons. The van der Waals surface area contributed by atoms with Crippen LogP contribution in [0.4, 0.5) is 10.5 Å². The quantitative estimate of drug-likeness (QED) is 0.884. The predicted octanol–water partition coefficient (Wildman–Crippen LogP) is 1.65. The number of carbonyl (C=O) groups excluding carboxylic acids is 2. The number of nitrogens with zero attached hydrogens (tertiary/aromatic N) is 4. The van der Waals surface area contributed by atoms with Crippen LogP contribution in [-0.4, -0.2) is 51.2 Å². The van der Waals surface area contributed by atoms with Crippen LogP contribution in [0.3, 0.4) is 0 Å². The Balaban J connectivity index is 1.59. The zero-order chi connectivity index (χ0) is 17.6. The number of likely N-dealkylation sites (tertiary alicyclic amines) is 1. The number of amides is 3. The molecule has 1 atom stereocenters. The van der Waals surface area contributed by atoms with E-state index in [1.165, 1.54) is 0 Å². The number of hydrogen-bond donors (Lipinski definition) is 2. The molecule has 0 saturated carbocycles. The van der Waals surface area contributed by atoms with Crippen molar-refractivity contribution in [3.05, 3.63) is 36.8 Å². The lowest BCUT2D eigenvalue weighted by atomic mass is 9.97. The van der Waals surface area contributed by atoms with E-state index in [2.05, 4.69) is 20.7 Å². The van der Waals surface area contributed by atoms with Gasteiger partial charge in [0.2, 0.25) is 5.91 Å². The second-order valence-corrected chi connectivity index (χ2v) is 5.97. The second-order valence-electron chi connectivity index (χ2n) is 5.97. The Morgan fingerprint density at radius 3 is 2.92 bits per heavy atom. The Bertz CT molecular complexity index is 713. The van der Waals surface area contributed by atoms with Gasteiger partial charge in [-0.25, -0.2) is 14.5 Å². The number of aromatic nitrogens is 3. The highest BCUT2D eigenvalue weighted by atomic mass is 16.2. The van der Waals surface area contributed by atoms with Crippen LogP contribution >= 0.6 is 0 Å². The Kier molecular flexibility index (Phi) is 5.27. The molecule has 1 aliphatic heterocycles. The van der Waals surface area contributed by atoms with Gasteiger partial charge >= 0.3 is 6.03 Å². The van der Waals surface area contributed by atoms with Gasteiger partial charge in [0, 0.05) is 32.0 Å². The zero-order valence-electron chi connectivity index (χ0n) is 14.2. The first-order chi connectivity index (χ1) is 12.2. The number of anilines is 1. The molecule has 1 fully saturated rings. The van der Waals surface area contributed by atoms with Crippen LogP contribution in [0.1, 0.15) is 19.8 Å². The highest BCUT2D eigenvalue weighted by Gasteiger charge is 2.28. The highest BCUT2D eigenvalue weighted by Crippen LogP contribution is 2.18. The predicted molar refractivity (Wildman–Crippen MR) is 93.4 cm³/mol. The number of hydrogen-bond acceptors (Lipinski definition) is 4. The minimum atomic E-state index is -0.206. The summed E-state index contributed by atoms with van der Waals surface area (Å²) in [6, 6.07) is 5.19. The van der Waals surface area contributed by atoms with Crippen molar-refractivity contribution in [3.8, 4) is 5.82 Å². The van der Waals surface area contributed by atoms with Crippen LogP contribution in [0.5, 0.6) is 0 Å². The molecule has 8 nitrogen and oxygen atoms in total. The molecule has 1 unspecified atom stereocenters. The van der Waals surface area contributed by atoms with Gasteiger partial charge in [0.15, 0.2) is 5.82 Å². The van der Waals surface area contributed by atoms with Crippen molar-refractivity contribution in [1.82, 2.24) is 25.0 Å². The lowest BCUT2D eigenvalue weighted by Crippen LogP contribution is -2.46. The smallest absolute Gasteiger partial charge is 0.321 e. The molecule has 0 radical (unpaired) electrons. The molecule has 0 bridgehead atoms. The number of urea groups is 1. The second kappa shape index (κ2) is 7.78. The molecule has 3 amide bonds. The number of pyridine rings is 1. The third-order valence-corrected chi connectivity index (χ3v) is 4.17. The number of piperidine rings is 1. The fourth-order valence-corrected chi connectivity index (χ4v) is 2.90. The van der Waals surface area contributed by atoms with E-state index in [4.69, 9.17) is 0 Å². The minimum Gasteiger partial charge on any atom is -0.356 e. The average molecular weight is 342 g/mol. The fourth-order valence-electron chi connectivity index (χ4n) is 2.90. The third-order valence-electron chi connectivity index (χ3n) is 4.17. The van der Waals surface area contributed by atoms with Crippen LogP contribution in [0, 0.1) is 5.92 Å². The summed E-state index contributed by atoms with van der Waals surface area (Å²) >= 11 is 0. The molecule has 1 aliphatic rings. The van der Waals surface area contributed by atoms with Gasteiger partial charge in [-0.1, -0.05) is 0 Å². The lowest BCUT2D eigenvalue weighted by Gasteiger charge is -2.32. The van der Waals surface area contributed by atoms with E-state index < -0.39 is 0 Å². The summed E-state index contributed by atoms with van der Waals surface area (Å²) in [5.74, 6) is 0.558. The van der Waals surface area contributed by atoms with Crippen LogP contribution in [0.2, 0.25) is 0 Å². The molecule has 25 heavy (non-hydrogen) atoms. The first kappa shape index (κ1) is 16.9. The Morgan fingerprint density at radius 2 is 2.24 bits per heavy atom. The Hall–Kier alpha value is -2.90. The van der Waals surface area contributed by atoms with Gasteiger partial charge in [-0.15, -0.1) is 0 Å². The van der Waals surface area contributed by atoms with Crippen molar-refractivity contribution in [2.24, 2.45) is 5.92 Å². The molecule has 3 rings (SSSR count). The molecule has 2 aromatic rings. The van der Waals surface area contributed by atoms with Gasteiger partial charge in [-0.2, -0.15) is 5.10 Å². The van der Waals surface area contributed by atoms with Gasteiger partial charge in [0.05, 0.1) is 17.8 Å². The summed E-state index contributed by atoms with van der Waals surface area (Å²) in [6.07, 6.45) is 6.72. The van der Waals surface area contributed by atoms with Crippen molar-refractivity contribution < 1.29 is 9.59 Å². The minimum absolute atomic E-state index is 0.0187. The maximum Gasteiger partial charge on any atom is 0.321 e. The summed E-state index contributed by atoms with van der Waals surface area (Å²) in [6.45, 7) is 3.60. The average Bonchev–Trinajstić information content (AvgIpc) is 3.17. The van der Waals surface area contributed by atoms with Crippen LogP contribution in [0.15, 0.2) is 36.8 Å². The van der Waals surface area contributed by atoms with Crippen molar-refractivity contribution >= 4 is 17.6 Å². The van der Waals surface area contributed by atoms with Gasteiger partial charge in [0.25, 0.3) is 0 Å². The van der Waals surface area contributed by atoms with Crippen LogP contribution in [0.25, 0.3) is 5.82 Å². The van der Waals surface area contributed by atoms with Gasteiger partial charge in [-0.3, -0.25) is 4.79 Å². The maximum atomic E-state index is 12.4. The van der Waals surface area contributed by atoms with E-state index in [0.29, 0.717) is 31.1 Å². The molecule has 0 aliphatic carbocycles. The molecule has 8 heteroatoms. The summed E-state index contributed by atoms with van der Waals surface area (Å²) < 4.78 is 1.65. The largest absolute Gasteiger partial charge is 0.356 e. The molecule has 2 aromatic heterocycles. The normalized spacial score (nSPS) is 17.2. The molecule has 2 N–H and O–H groups in total. The van der Waals surface area contributed by atoms with Crippen molar-refractivity contribution in [2.75, 3.05) is 25.0 Å². The molecule has 1 saturated heterocycles. The number of carbonyl (C=O) groups is 2. The molecule has 0 aromatic carbocycles. The van der Waals surface area contributed by atoms with Gasteiger partial charge < -0.3 is 15.5 Å². The fraction of sp³-hybridized carbons (Fsp3) is 0.412. The van der Waals surface area contributed by atoms with Crippen molar-refractivity contribution in [1.29, 1.82) is 0 Å². The van der Waals surface area contributed by atoms with E-state index in [9.17, 15) is 9.59 Å². The molecular formula is C17H22N6O2. The SMILES string of the molecule is CCNC(=O)C1CCCN(C(=O)Nc2ccc(-n3cccn3)nc2)C1. The first-order valence-electron chi connectivity index (χ1n) is 8.47. The van der Waals surface area contributed by atoms with Crippen molar-refractivity contribution in [3.63, 3.8) is 0 Å². The Labute approximate surface area is 146 Å². The van der Waals surface area contributed by atoms with Crippen molar-refractivity contribution in [2.45, 2.75) is 19.8 Å². The van der Waals surface area contributed by atoms with E-state index in [1.807, 2.05) is 13.0 Å². The lowest BCUT2D eigenvalue weighted by molar-refractivity contribution is -0.126. The summed E-state index contributed by atoms with van der Waals surface area (Å²) in [5, 5.41) is 9.78. The highest BCUT2D eigenvalue weighted by molar-refractivity contribution is 5.90. The number of nitrogens with one attached hydrogen (secondary N) is 2. The standard InChI is InChI=1S/C17H22N6O2/c1-2-18-16(24)13-5-3-9-22(12-13)17(25)21-14-6-7-15(19-11-14)23-10-4-8-20-23/h4,6-8,10-11,13H,2-3,5,9,12H2,1H3,(H,18,24)(H,21,25). The Morgan fingerprint density at radius 1 is 1.36 bits per heavy atom. The monoisotopic (exact) mass is 342 g/mol. The van der Waals surface area contributed by atoms with E-state index >= 15 is 0 Å². The van der Waals surface area contributed by atoms with Gasteiger partial charge in [-0.05, 0) is 38.0 Å². The van der Waals surface area contributed by atoms with E-state index in [1.54, 1.807) is 40.3 Å².